The molecule has 0 aliphatic heterocycles. The van der Waals surface area contributed by atoms with Crippen molar-refractivity contribution in [1.82, 2.24) is 0 Å². The first-order valence-electron chi connectivity index (χ1n) is 4.61. The molecule has 0 saturated carbocycles. The van der Waals surface area contributed by atoms with E-state index in [0.717, 1.165) is 11.1 Å². The highest BCUT2D eigenvalue weighted by molar-refractivity contribution is 5.74. The molecular formula is C11H16N2O. The van der Waals surface area contributed by atoms with E-state index in [1.165, 1.54) is 5.56 Å². The fourth-order valence-electron chi connectivity index (χ4n) is 1.57. The van der Waals surface area contributed by atoms with Crippen LogP contribution in [-0.2, 0) is 4.79 Å². The van der Waals surface area contributed by atoms with Crippen LogP contribution in [0.4, 0.5) is 0 Å². The van der Waals surface area contributed by atoms with Crippen LogP contribution in [-0.4, -0.2) is 5.91 Å². The smallest absolute Gasteiger partial charge is 0.219 e. The van der Waals surface area contributed by atoms with Gasteiger partial charge in [-0.1, -0.05) is 23.8 Å². The molecule has 0 aliphatic rings. The quantitative estimate of drug-likeness (QED) is 0.755. The van der Waals surface area contributed by atoms with Crippen LogP contribution >= 0.6 is 0 Å². The van der Waals surface area contributed by atoms with E-state index in [1.54, 1.807) is 0 Å². The van der Waals surface area contributed by atoms with E-state index in [9.17, 15) is 4.79 Å². The van der Waals surface area contributed by atoms with E-state index in [0.29, 0.717) is 0 Å². The number of hydrogen-bond donors (Lipinski definition) is 2. The summed E-state index contributed by atoms with van der Waals surface area (Å²) in [6.07, 6.45) is 0.198. The molecule has 1 atom stereocenters. The number of amides is 1. The SMILES string of the molecule is Cc1ccc([C@@H](N)CC(N)=O)c(C)c1. The van der Waals surface area contributed by atoms with E-state index in [1.807, 2.05) is 26.0 Å². The third-order valence-electron chi connectivity index (χ3n) is 2.25. The molecule has 1 amide bonds. The molecule has 0 aliphatic carbocycles. The first kappa shape index (κ1) is 10.7. The highest BCUT2D eigenvalue weighted by Gasteiger charge is 2.11. The Morgan fingerprint density at radius 1 is 1.43 bits per heavy atom. The summed E-state index contributed by atoms with van der Waals surface area (Å²) in [6, 6.07) is 5.71. The van der Waals surface area contributed by atoms with Gasteiger partial charge in [-0.25, -0.2) is 0 Å². The summed E-state index contributed by atoms with van der Waals surface area (Å²) < 4.78 is 0. The van der Waals surface area contributed by atoms with Crippen LogP contribution in [0.1, 0.15) is 29.2 Å². The van der Waals surface area contributed by atoms with Gasteiger partial charge in [-0.15, -0.1) is 0 Å². The minimum absolute atomic E-state index is 0.198. The Labute approximate surface area is 84.1 Å². The molecule has 3 nitrogen and oxygen atoms in total. The van der Waals surface area contributed by atoms with Gasteiger partial charge >= 0.3 is 0 Å². The van der Waals surface area contributed by atoms with Gasteiger partial charge in [0.2, 0.25) is 5.91 Å². The van der Waals surface area contributed by atoms with Crippen molar-refractivity contribution in [2.75, 3.05) is 0 Å². The van der Waals surface area contributed by atoms with Crippen molar-refractivity contribution in [2.24, 2.45) is 11.5 Å². The average molecular weight is 192 g/mol. The second kappa shape index (κ2) is 4.24. The zero-order chi connectivity index (χ0) is 10.7. The molecule has 0 radical (unpaired) electrons. The van der Waals surface area contributed by atoms with Crippen LogP contribution in [0.15, 0.2) is 18.2 Å². The lowest BCUT2D eigenvalue weighted by molar-refractivity contribution is -0.118. The minimum Gasteiger partial charge on any atom is -0.370 e. The Bertz CT molecular complexity index is 347. The lowest BCUT2D eigenvalue weighted by Gasteiger charge is -2.13. The summed E-state index contributed by atoms with van der Waals surface area (Å²) in [5.74, 6) is -0.363. The molecule has 76 valence electrons. The van der Waals surface area contributed by atoms with Crippen molar-refractivity contribution in [2.45, 2.75) is 26.3 Å². The minimum atomic E-state index is -0.363. The molecule has 1 aromatic carbocycles. The first-order chi connectivity index (χ1) is 6.50. The Balaban J connectivity index is 2.90. The molecule has 3 heteroatoms. The number of rotatable bonds is 3. The fraction of sp³-hybridized carbons (Fsp3) is 0.364. The molecule has 0 spiro atoms. The van der Waals surface area contributed by atoms with Gasteiger partial charge in [-0.3, -0.25) is 4.79 Å². The predicted molar refractivity (Wildman–Crippen MR) is 56.7 cm³/mol. The van der Waals surface area contributed by atoms with Gasteiger partial charge in [0, 0.05) is 12.5 Å². The van der Waals surface area contributed by atoms with Crippen molar-refractivity contribution < 1.29 is 4.79 Å². The summed E-state index contributed by atoms with van der Waals surface area (Å²) in [4.78, 5) is 10.7. The van der Waals surface area contributed by atoms with Gasteiger partial charge in [0.05, 0.1) is 0 Å². The van der Waals surface area contributed by atoms with Gasteiger partial charge in [0.25, 0.3) is 0 Å². The van der Waals surface area contributed by atoms with Crippen LogP contribution < -0.4 is 11.5 Å². The van der Waals surface area contributed by atoms with Crippen molar-refractivity contribution in [3.8, 4) is 0 Å². The van der Waals surface area contributed by atoms with Gasteiger partial charge in [-0.05, 0) is 25.0 Å². The summed E-state index contributed by atoms with van der Waals surface area (Å²) in [5.41, 5.74) is 14.2. The number of primary amides is 1. The number of aryl methyl sites for hydroxylation is 2. The Morgan fingerprint density at radius 2 is 2.07 bits per heavy atom. The molecule has 4 N–H and O–H groups in total. The summed E-state index contributed by atoms with van der Waals surface area (Å²) >= 11 is 0. The first-order valence-corrected chi connectivity index (χ1v) is 4.61. The molecule has 0 fully saturated rings. The lowest BCUT2D eigenvalue weighted by Crippen LogP contribution is -2.21. The number of carbonyl (C=O) groups excluding carboxylic acids is 1. The fourth-order valence-corrected chi connectivity index (χ4v) is 1.57. The van der Waals surface area contributed by atoms with Crippen LogP contribution in [0.2, 0.25) is 0 Å². The number of benzene rings is 1. The van der Waals surface area contributed by atoms with Crippen molar-refractivity contribution in [1.29, 1.82) is 0 Å². The van der Waals surface area contributed by atoms with Crippen LogP contribution in [0.3, 0.4) is 0 Å². The maximum atomic E-state index is 10.7. The van der Waals surface area contributed by atoms with E-state index in [4.69, 9.17) is 11.5 Å². The zero-order valence-electron chi connectivity index (χ0n) is 8.58. The normalized spacial score (nSPS) is 12.5. The topological polar surface area (TPSA) is 69.1 Å². The van der Waals surface area contributed by atoms with Crippen LogP contribution in [0, 0.1) is 13.8 Å². The second-order valence-corrected chi connectivity index (χ2v) is 3.64. The zero-order valence-corrected chi connectivity index (χ0v) is 8.58. The number of hydrogen-bond acceptors (Lipinski definition) is 2. The molecule has 0 heterocycles. The number of nitrogens with two attached hydrogens (primary N) is 2. The van der Waals surface area contributed by atoms with Crippen LogP contribution in [0.5, 0.6) is 0 Å². The third kappa shape index (κ3) is 2.57. The summed E-state index contributed by atoms with van der Waals surface area (Å²) in [7, 11) is 0. The highest BCUT2D eigenvalue weighted by Crippen LogP contribution is 2.19. The average Bonchev–Trinajstić information content (AvgIpc) is 2.01. The molecular weight excluding hydrogens is 176 g/mol. The van der Waals surface area contributed by atoms with Gasteiger partial charge in [0.15, 0.2) is 0 Å². The molecule has 1 rings (SSSR count). The van der Waals surface area contributed by atoms with E-state index >= 15 is 0 Å². The van der Waals surface area contributed by atoms with Gasteiger partial charge in [-0.2, -0.15) is 0 Å². The third-order valence-corrected chi connectivity index (χ3v) is 2.25. The Hall–Kier alpha value is -1.35. The predicted octanol–water partition coefficient (Wildman–Crippen LogP) is 1.18. The lowest BCUT2D eigenvalue weighted by atomic mass is 9.98. The summed E-state index contributed by atoms with van der Waals surface area (Å²) in [5, 5.41) is 0. The Morgan fingerprint density at radius 3 is 2.57 bits per heavy atom. The van der Waals surface area contributed by atoms with Crippen molar-refractivity contribution in [3.63, 3.8) is 0 Å². The standard InChI is InChI=1S/C11H16N2O/c1-7-3-4-9(8(2)5-7)10(12)6-11(13)14/h3-5,10H,6,12H2,1-2H3,(H2,13,14)/t10-/m0/s1. The number of carbonyl (C=O) groups is 1. The van der Waals surface area contributed by atoms with Crippen molar-refractivity contribution in [3.05, 3.63) is 34.9 Å². The molecule has 1 aromatic rings. The van der Waals surface area contributed by atoms with Crippen molar-refractivity contribution >= 4 is 5.91 Å². The Kier molecular flexibility index (Phi) is 3.25. The van der Waals surface area contributed by atoms with Gasteiger partial charge in [0.1, 0.15) is 0 Å². The maximum Gasteiger partial charge on any atom is 0.219 e. The molecule has 0 saturated heterocycles. The summed E-state index contributed by atoms with van der Waals surface area (Å²) in [6.45, 7) is 4.01. The monoisotopic (exact) mass is 192 g/mol. The molecule has 0 bridgehead atoms. The molecule has 0 unspecified atom stereocenters. The largest absolute Gasteiger partial charge is 0.370 e. The van der Waals surface area contributed by atoms with Gasteiger partial charge < -0.3 is 11.5 Å². The second-order valence-electron chi connectivity index (χ2n) is 3.64. The van der Waals surface area contributed by atoms with Crippen LogP contribution in [0.25, 0.3) is 0 Å². The molecule has 14 heavy (non-hydrogen) atoms. The van der Waals surface area contributed by atoms with E-state index in [-0.39, 0.29) is 18.4 Å². The van der Waals surface area contributed by atoms with E-state index in [2.05, 4.69) is 6.07 Å². The molecule has 0 aromatic heterocycles. The highest BCUT2D eigenvalue weighted by atomic mass is 16.1. The van der Waals surface area contributed by atoms with E-state index < -0.39 is 0 Å². The maximum absolute atomic E-state index is 10.7.